The summed E-state index contributed by atoms with van der Waals surface area (Å²) in [6, 6.07) is 5.35. The van der Waals surface area contributed by atoms with E-state index in [4.69, 9.17) is 27.9 Å². The molecule has 0 N–H and O–H groups in total. The fraction of sp³-hybridized carbons (Fsp3) is 0.700. The Kier molecular flexibility index (Phi) is 7.28. The third-order valence-corrected chi connectivity index (χ3v) is 11.1. The quantitative estimate of drug-likeness (QED) is 0.459. The molecule has 0 spiro atoms. The number of rotatable bonds is 5. The molecule has 3 saturated carbocycles. The summed E-state index contributed by atoms with van der Waals surface area (Å²) in [6.07, 6.45) is 7.53. The zero-order valence-electron chi connectivity index (χ0n) is 22.9. The van der Waals surface area contributed by atoms with E-state index in [2.05, 4.69) is 0 Å². The van der Waals surface area contributed by atoms with Gasteiger partial charge in [0.05, 0.1) is 16.1 Å². The third-order valence-electron chi connectivity index (χ3n) is 10.3. The summed E-state index contributed by atoms with van der Waals surface area (Å²) in [5.41, 5.74) is 0.783. The molecule has 7 nitrogen and oxygen atoms in total. The molecule has 6 rings (SSSR count). The molecule has 0 unspecified atom stereocenters. The van der Waals surface area contributed by atoms with E-state index >= 15 is 0 Å². The highest BCUT2D eigenvalue weighted by Crippen LogP contribution is 2.47. The van der Waals surface area contributed by atoms with Gasteiger partial charge >= 0.3 is 6.09 Å². The minimum absolute atomic E-state index is 0.00653. The molecule has 39 heavy (non-hydrogen) atoms. The predicted octanol–water partition coefficient (Wildman–Crippen LogP) is 5.58. The molecule has 5 fully saturated rings. The van der Waals surface area contributed by atoms with Gasteiger partial charge in [-0.3, -0.25) is 9.59 Å². The first-order valence-corrected chi connectivity index (χ1v) is 15.3. The Bertz CT molecular complexity index is 1150. The summed E-state index contributed by atoms with van der Waals surface area (Å²) in [5, 5.41) is 0.944. The Hall–Kier alpha value is -1.99. The van der Waals surface area contributed by atoms with Crippen molar-refractivity contribution in [3.05, 3.63) is 33.8 Å². The Labute approximate surface area is 241 Å². The lowest BCUT2D eigenvalue weighted by molar-refractivity contribution is -0.142. The second-order valence-corrected chi connectivity index (χ2v) is 13.7. The maximum atomic E-state index is 13.7. The Morgan fingerprint density at radius 1 is 0.974 bits per heavy atom. The molecule has 2 saturated heterocycles. The van der Waals surface area contributed by atoms with E-state index in [9.17, 15) is 14.4 Å². The molecule has 0 aromatic heterocycles. The molecular formula is C30H39Cl2N3O4. The van der Waals surface area contributed by atoms with Crippen LogP contribution in [0.25, 0.3) is 0 Å². The van der Waals surface area contributed by atoms with Crippen LogP contribution in [-0.4, -0.2) is 78.0 Å². The van der Waals surface area contributed by atoms with Crippen molar-refractivity contribution in [2.75, 3.05) is 33.2 Å². The Morgan fingerprint density at radius 2 is 1.72 bits per heavy atom. The van der Waals surface area contributed by atoms with Crippen molar-refractivity contribution in [1.82, 2.24) is 14.7 Å². The topological polar surface area (TPSA) is 70.2 Å². The fourth-order valence-electron chi connectivity index (χ4n) is 7.48. The molecule has 1 aromatic carbocycles. The van der Waals surface area contributed by atoms with Crippen LogP contribution in [0.1, 0.15) is 69.8 Å². The van der Waals surface area contributed by atoms with Gasteiger partial charge in [0.2, 0.25) is 11.8 Å². The van der Waals surface area contributed by atoms with E-state index in [1.807, 2.05) is 28.9 Å². The van der Waals surface area contributed by atoms with Gasteiger partial charge in [-0.05, 0) is 80.9 Å². The van der Waals surface area contributed by atoms with Crippen LogP contribution in [0.3, 0.4) is 0 Å². The van der Waals surface area contributed by atoms with Gasteiger partial charge in [0.1, 0.15) is 6.10 Å². The number of hydrogen-bond donors (Lipinski definition) is 0. The maximum absolute atomic E-state index is 13.7. The minimum Gasteiger partial charge on any atom is -0.446 e. The molecule has 5 aliphatic rings. The van der Waals surface area contributed by atoms with Crippen molar-refractivity contribution in [1.29, 1.82) is 0 Å². The lowest BCUT2D eigenvalue weighted by Crippen LogP contribution is -2.47. The first-order valence-electron chi connectivity index (χ1n) is 14.6. The summed E-state index contributed by atoms with van der Waals surface area (Å²) in [7, 11) is 1.79. The number of carbonyl (C=O) groups excluding carboxylic acids is 3. The highest BCUT2D eigenvalue weighted by Gasteiger charge is 2.49. The molecule has 1 aromatic rings. The van der Waals surface area contributed by atoms with E-state index in [0.29, 0.717) is 60.9 Å². The van der Waals surface area contributed by atoms with E-state index in [1.54, 1.807) is 18.0 Å². The summed E-state index contributed by atoms with van der Waals surface area (Å²) in [5.74, 6) is 1.32. The highest BCUT2D eigenvalue weighted by molar-refractivity contribution is 6.42. The normalized spacial score (nSPS) is 31.4. The summed E-state index contributed by atoms with van der Waals surface area (Å²) >= 11 is 12.6. The number of carbonyl (C=O) groups is 3. The van der Waals surface area contributed by atoms with Gasteiger partial charge in [0.25, 0.3) is 0 Å². The van der Waals surface area contributed by atoms with Crippen molar-refractivity contribution in [3.8, 4) is 0 Å². The number of piperidine rings is 1. The average molecular weight is 577 g/mol. The van der Waals surface area contributed by atoms with E-state index in [0.717, 1.165) is 31.2 Å². The van der Waals surface area contributed by atoms with Crippen LogP contribution in [-0.2, 0) is 14.3 Å². The number of hydrogen-bond acceptors (Lipinski definition) is 4. The van der Waals surface area contributed by atoms with Crippen LogP contribution in [0.15, 0.2) is 18.2 Å². The third kappa shape index (κ3) is 5.26. The lowest BCUT2D eigenvalue weighted by atomic mass is 9.93. The van der Waals surface area contributed by atoms with Crippen LogP contribution in [0.5, 0.6) is 0 Å². The molecule has 2 aliphatic heterocycles. The Balaban J connectivity index is 1.14. The summed E-state index contributed by atoms with van der Waals surface area (Å²) in [6.45, 7) is 4.26. The Morgan fingerprint density at radius 3 is 2.33 bits per heavy atom. The molecular weight excluding hydrogens is 537 g/mol. The molecule has 2 bridgehead atoms. The number of benzene rings is 1. The molecule has 212 valence electrons. The average Bonchev–Trinajstić information content (AvgIpc) is 3.29. The second kappa shape index (κ2) is 10.4. The molecule has 0 radical (unpaired) electrons. The van der Waals surface area contributed by atoms with E-state index < -0.39 is 0 Å². The zero-order chi connectivity index (χ0) is 27.5. The molecule has 2 heterocycles. The van der Waals surface area contributed by atoms with Gasteiger partial charge in [-0.25, -0.2) is 4.79 Å². The molecule has 9 heteroatoms. The van der Waals surface area contributed by atoms with Gasteiger partial charge in [-0.1, -0.05) is 36.2 Å². The fourth-order valence-corrected chi connectivity index (χ4v) is 7.79. The van der Waals surface area contributed by atoms with Crippen molar-refractivity contribution in [3.63, 3.8) is 0 Å². The van der Waals surface area contributed by atoms with Crippen LogP contribution >= 0.6 is 23.2 Å². The second-order valence-electron chi connectivity index (χ2n) is 12.9. The standard InChI is InChI=1S/C30H39Cl2N3O4/c1-30(9-10-30)28(37)34-11-7-19(8-12-34)27(36)35-16-22(20-5-6-23(31)24(32)15-20)25(17-35)33(2)29(38)39-26-14-18-3-4-21(26)13-18/h5-6,15,18-19,21-22,25-26H,3-4,7-14,16-17H2,1-2H3/t18-,21+,22+,25-,26+/m0/s1. The van der Waals surface area contributed by atoms with E-state index in [-0.39, 0.29) is 47.3 Å². The predicted molar refractivity (Wildman–Crippen MR) is 150 cm³/mol. The van der Waals surface area contributed by atoms with Crippen LogP contribution in [0.2, 0.25) is 10.0 Å². The molecule has 3 aliphatic carbocycles. The molecule has 5 atom stereocenters. The van der Waals surface area contributed by atoms with Crippen LogP contribution in [0, 0.1) is 23.2 Å². The maximum Gasteiger partial charge on any atom is 0.410 e. The first-order chi connectivity index (χ1) is 18.6. The van der Waals surface area contributed by atoms with Crippen molar-refractivity contribution in [2.24, 2.45) is 23.2 Å². The van der Waals surface area contributed by atoms with Crippen molar-refractivity contribution in [2.45, 2.75) is 76.4 Å². The van der Waals surface area contributed by atoms with Crippen molar-refractivity contribution >= 4 is 41.1 Å². The monoisotopic (exact) mass is 575 g/mol. The number of halogens is 2. The number of likely N-dealkylation sites (N-methyl/N-ethyl adjacent to an activating group) is 1. The van der Waals surface area contributed by atoms with Gasteiger partial charge in [0, 0.05) is 50.5 Å². The van der Waals surface area contributed by atoms with Crippen LogP contribution < -0.4 is 0 Å². The SMILES string of the molecule is CN(C(=O)O[C@@H]1C[C@H]2CC[C@@H]1C2)[C@H]1CN(C(=O)C2CCN(C(=O)C3(C)CC3)CC2)C[C@@H]1c1ccc(Cl)c(Cl)c1. The van der Waals surface area contributed by atoms with E-state index in [1.165, 1.54) is 12.8 Å². The number of ether oxygens (including phenoxy) is 1. The first kappa shape index (κ1) is 27.2. The number of nitrogens with zero attached hydrogens (tertiary/aromatic N) is 3. The van der Waals surface area contributed by atoms with Gasteiger partial charge in [-0.15, -0.1) is 0 Å². The lowest BCUT2D eigenvalue weighted by Gasteiger charge is -2.34. The smallest absolute Gasteiger partial charge is 0.410 e. The largest absolute Gasteiger partial charge is 0.446 e. The number of fused-ring (bicyclic) bond motifs is 2. The van der Waals surface area contributed by atoms with Crippen molar-refractivity contribution < 1.29 is 19.1 Å². The zero-order valence-corrected chi connectivity index (χ0v) is 24.4. The number of amides is 3. The number of likely N-dealkylation sites (tertiary alicyclic amines) is 2. The minimum atomic E-state index is -0.308. The highest BCUT2D eigenvalue weighted by atomic mass is 35.5. The van der Waals surface area contributed by atoms with Crippen LogP contribution in [0.4, 0.5) is 4.79 Å². The summed E-state index contributed by atoms with van der Waals surface area (Å²) in [4.78, 5) is 45.4. The molecule has 3 amide bonds. The van der Waals surface area contributed by atoms with Gasteiger partial charge in [-0.2, -0.15) is 0 Å². The van der Waals surface area contributed by atoms with Gasteiger partial charge < -0.3 is 19.4 Å². The summed E-state index contributed by atoms with van der Waals surface area (Å²) < 4.78 is 6.02. The van der Waals surface area contributed by atoms with Gasteiger partial charge in [0.15, 0.2) is 0 Å².